The van der Waals surface area contributed by atoms with Gasteiger partial charge in [-0.3, -0.25) is 4.79 Å². The van der Waals surface area contributed by atoms with Crippen LogP contribution in [0, 0.1) is 0 Å². The number of carbonyl (C=O) groups is 1. The molecular formula is C13H13Cl2NO3S. The van der Waals surface area contributed by atoms with E-state index in [1.807, 2.05) is 0 Å². The van der Waals surface area contributed by atoms with Crippen molar-refractivity contribution in [3.8, 4) is 0 Å². The minimum Gasteiger partial charge on any atom is -0.349 e. The van der Waals surface area contributed by atoms with E-state index >= 15 is 0 Å². The van der Waals surface area contributed by atoms with Crippen molar-refractivity contribution in [1.29, 1.82) is 0 Å². The Kier molecular flexibility index (Phi) is 4.73. The van der Waals surface area contributed by atoms with Crippen molar-refractivity contribution in [2.24, 2.45) is 0 Å². The maximum absolute atomic E-state index is 11.7. The SMILES string of the molecule is O=C(/C=C/c1ccc(Cl)cc1Cl)NC1CCS(=O)(=O)C1. The molecule has 1 aromatic rings. The summed E-state index contributed by atoms with van der Waals surface area (Å²) in [6, 6.07) is 4.66. The number of carbonyl (C=O) groups excluding carboxylic acids is 1. The lowest BCUT2D eigenvalue weighted by Crippen LogP contribution is -2.34. The summed E-state index contributed by atoms with van der Waals surface area (Å²) >= 11 is 11.7. The molecule has 0 radical (unpaired) electrons. The van der Waals surface area contributed by atoms with E-state index in [0.717, 1.165) is 0 Å². The van der Waals surface area contributed by atoms with Gasteiger partial charge in [0, 0.05) is 22.2 Å². The van der Waals surface area contributed by atoms with Crippen LogP contribution in [-0.2, 0) is 14.6 Å². The van der Waals surface area contributed by atoms with E-state index in [9.17, 15) is 13.2 Å². The summed E-state index contributed by atoms with van der Waals surface area (Å²) in [5.41, 5.74) is 0.672. The molecule has 2 rings (SSSR count). The summed E-state index contributed by atoms with van der Waals surface area (Å²) in [7, 11) is -2.99. The molecule has 1 aliphatic rings. The first-order valence-electron chi connectivity index (χ1n) is 6.00. The highest BCUT2D eigenvalue weighted by Crippen LogP contribution is 2.22. The Balaban J connectivity index is 1.96. The van der Waals surface area contributed by atoms with Crippen LogP contribution in [0.5, 0.6) is 0 Å². The molecule has 1 atom stereocenters. The third kappa shape index (κ3) is 4.23. The third-order valence-electron chi connectivity index (χ3n) is 2.96. The maximum atomic E-state index is 11.7. The van der Waals surface area contributed by atoms with E-state index in [2.05, 4.69) is 5.32 Å². The number of benzene rings is 1. The average Bonchev–Trinajstić information content (AvgIpc) is 2.67. The summed E-state index contributed by atoms with van der Waals surface area (Å²) in [4.78, 5) is 11.7. The molecule has 7 heteroatoms. The van der Waals surface area contributed by atoms with Crippen molar-refractivity contribution >= 4 is 45.0 Å². The standard InChI is InChI=1S/C13H13Cl2NO3S/c14-10-3-1-9(12(15)7-10)2-4-13(17)16-11-5-6-20(18,19)8-11/h1-4,7,11H,5-6,8H2,(H,16,17)/b4-2+. The zero-order valence-electron chi connectivity index (χ0n) is 10.5. The van der Waals surface area contributed by atoms with E-state index in [0.29, 0.717) is 22.0 Å². The zero-order chi connectivity index (χ0) is 14.8. The quantitative estimate of drug-likeness (QED) is 0.863. The van der Waals surface area contributed by atoms with Gasteiger partial charge in [-0.15, -0.1) is 0 Å². The van der Waals surface area contributed by atoms with Crippen LogP contribution in [0.15, 0.2) is 24.3 Å². The minimum atomic E-state index is -2.99. The monoisotopic (exact) mass is 333 g/mol. The molecule has 0 aliphatic carbocycles. The van der Waals surface area contributed by atoms with Gasteiger partial charge in [-0.05, 0) is 30.2 Å². The molecule has 1 unspecified atom stereocenters. The summed E-state index contributed by atoms with van der Waals surface area (Å²) < 4.78 is 22.6. The van der Waals surface area contributed by atoms with Crippen molar-refractivity contribution in [3.63, 3.8) is 0 Å². The summed E-state index contributed by atoms with van der Waals surface area (Å²) in [6.07, 6.45) is 3.36. The van der Waals surface area contributed by atoms with E-state index in [1.54, 1.807) is 24.3 Å². The van der Waals surface area contributed by atoms with Crippen LogP contribution in [0.4, 0.5) is 0 Å². The van der Waals surface area contributed by atoms with Gasteiger partial charge in [-0.25, -0.2) is 8.42 Å². The Hall–Kier alpha value is -1.04. The predicted molar refractivity (Wildman–Crippen MR) is 80.7 cm³/mol. The normalized spacial score (nSPS) is 21.2. The first-order valence-corrected chi connectivity index (χ1v) is 8.57. The molecule has 1 N–H and O–H groups in total. The van der Waals surface area contributed by atoms with Gasteiger partial charge < -0.3 is 5.32 Å². The van der Waals surface area contributed by atoms with E-state index in [-0.39, 0.29) is 23.5 Å². The number of hydrogen-bond donors (Lipinski definition) is 1. The lowest BCUT2D eigenvalue weighted by atomic mass is 10.2. The molecule has 1 saturated heterocycles. The molecular weight excluding hydrogens is 321 g/mol. The Morgan fingerprint density at radius 1 is 1.35 bits per heavy atom. The fourth-order valence-electron chi connectivity index (χ4n) is 1.96. The number of sulfone groups is 1. The summed E-state index contributed by atoms with van der Waals surface area (Å²) in [5, 5.41) is 3.63. The van der Waals surface area contributed by atoms with Gasteiger partial charge in [0.2, 0.25) is 5.91 Å². The highest BCUT2D eigenvalue weighted by Gasteiger charge is 2.28. The molecule has 4 nitrogen and oxygen atoms in total. The third-order valence-corrected chi connectivity index (χ3v) is 5.29. The van der Waals surface area contributed by atoms with E-state index < -0.39 is 9.84 Å². The van der Waals surface area contributed by atoms with Crippen LogP contribution >= 0.6 is 23.2 Å². The molecule has 0 aromatic heterocycles. The van der Waals surface area contributed by atoms with E-state index in [1.165, 1.54) is 6.08 Å². The van der Waals surface area contributed by atoms with Gasteiger partial charge in [0.1, 0.15) is 0 Å². The maximum Gasteiger partial charge on any atom is 0.244 e. The van der Waals surface area contributed by atoms with Crippen LogP contribution in [0.25, 0.3) is 6.08 Å². The second kappa shape index (κ2) is 6.16. The smallest absolute Gasteiger partial charge is 0.244 e. The summed E-state index contributed by atoms with van der Waals surface area (Å²) in [5.74, 6) is -0.197. The largest absolute Gasteiger partial charge is 0.349 e. The minimum absolute atomic E-state index is 0.00822. The van der Waals surface area contributed by atoms with E-state index in [4.69, 9.17) is 23.2 Å². The predicted octanol–water partition coefficient (Wildman–Crippen LogP) is 2.31. The first kappa shape index (κ1) is 15.4. The van der Waals surface area contributed by atoms with Crippen LogP contribution in [0.1, 0.15) is 12.0 Å². The highest BCUT2D eigenvalue weighted by atomic mass is 35.5. The number of hydrogen-bond acceptors (Lipinski definition) is 3. The van der Waals surface area contributed by atoms with Crippen LogP contribution in [0.3, 0.4) is 0 Å². The number of nitrogens with one attached hydrogen (secondary N) is 1. The second-order valence-corrected chi connectivity index (χ2v) is 7.68. The Labute approximate surface area is 127 Å². The van der Waals surface area contributed by atoms with Crippen LogP contribution in [0.2, 0.25) is 10.0 Å². The summed E-state index contributed by atoms with van der Waals surface area (Å²) in [6.45, 7) is 0. The second-order valence-electron chi connectivity index (χ2n) is 4.61. The highest BCUT2D eigenvalue weighted by molar-refractivity contribution is 7.91. The zero-order valence-corrected chi connectivity index (χ0v) is 12.8. The lowest BCUT2D eigenvalue weighted by Gasteiger charge is -2.08. The Morgan fingerprint density at radius 3 is 2.70 bits per heavy atom. The Morgan fingerprint density at radius 2 is 2.10 bits per heavy atom. The molecule has 0 spiro atoms. The topological polar surface area (TPSA) is 63.2 Å². The van der Waals surface area contributed by atoms with Gasteiger partial charge in [-0.2, -0.15) is 0 Å². The van der Waals surface area contributed by atoms with Crippen molar-refractivity contribution in [1.82, 2.24) is 5.32 Å². The molecule has 0 saturated carbocycles. The van der Waals surface area contributed by atoms with Crippen LogP contribution < -0.4 is 5.32 Å². The Bertz CT molecular complexity index is 656. The van der Waals surface area contributed by atoms with Crippen molar-refractivity contribution in [2.45, 2.75) is 12.5 Å². The molecule has 20 heavy (non-hydrogen) atoms. The molecule has 108 valence electrons. The molecule has 1 aliphatic heterocycles. The molecule has 0 bridgehead atoms. The lowest BCUT2D eigenvalue weighted by molar-refractivity contribution is -0.116. The van der Waals surface area contributed by atoms with Gasteiger partial charge in [-0.1, -0.05) is 29.3 Å². The fraction of sp³-hybridized carbons (Fsp3) is 0.308. The van der Waals surface area contributed by atoms with Gasteiger partial charge in [0.25, 0.3) is 0 Å². The average molecular weight is 334 g/mol. The van der Waals surface area contributed by atoms with Gasteiger partial charge in [0.15, 0.2) is 9.84 Å². The molecule has 1 fully saturated rings. The number of halogens is 2. The fourth-order valence-corrected chi connectivity index (χ4v) is 4.11. The van der Waals surface area contributed by atoms with Gasteiger partial charge in [0.05, 0.1) is 11.5 Å². The molecule has 1 amide bonds. The van der Waals surface area contributed by atoms with Crippen molar-refractivity contribution in [3.05, 3.63) is 39.9 Å². The van der Waals surface area contributed by atoms with Crippen LogP contribution in [-0.4, -0.2) is 31.9 Å². The molecule has 1 heterocycles. The first-order chi connectivity index (χ1) is 9.35. The molecule has 1 aromatic carbocycles. The number of rotatable bonds is 3. The van der Waals surface area contributed by atoms with Gasteiger partial charge >= 0.3 is 0 Å². The number of amides is 1. The van der Waals surface area contributed by atoms with Crippen molar-refractivity contribution < 1.29 is 13.2 Å². The van der Waals surface area contributed by atoms with Crippen molar-refractivity contribution in [2.75, 3.05) is 11.5 Å².